The fraction of sp³-hybridized carbons (Fsp3) is 0.188. The van der Waals surface area contributed by atoms with Crippen molar-refractivity contribution in [3.63, 3.8) is 0 Å². The van der Waals surface area contributed by atoms with Crippen LogP contribution in [0.1, 0.15) is 15.9 Å². The zero-order chi connectivity index (χ0) is 15.5. The lowest BCUT2D eigenvalue weighted by molar-refractivity contribution is 0.0946. The Labute approximate surface area is 126 Å². The Bertz CT molecular complexity index is 717. The molecule has 22 heavy (non-hydrogen) atoms. The number of fused-ring (bicyclic) bond motifs is 1. The molecular weight excluding hydrogens is 289 g/mol. The predicted octanol–water partition coefficient (Wildman–Crippen LogP) is 2.49. The Hall–Kier alpha value is -2.76. The molecule has 2 aromatic rings. The molecule has 0 saturated carbocycles. The first-order valence-corrected chi connectivity index (χ1v) is 6.67. The fourth-order valence-electron chi connectivity index (χ4n) is 2.14. The summed E-state index contributed by atoms with van der Waals surface area (Å²) in [5, 5.41) is 2.67. The Balaban J connectivity index is 1.67. The lowest BCUT2D eigenvalue weighted by Crippen LogP contribution is -2.23. The van der Waals surface area contributed by atoms with Crippen LogP contribution in [-0.2, 0) is 6.54 Å². The first-order valence-electron chi connectivity index (χ1n) is 6.67. The highest BCUT2D eigenvalue weighted by Gasteiger charge is 2.15. The van der Waals surface area contributed by atoms with Gasteiger partial charge in [0.05, 0.1) is 12.7 Å². The molecule has 0 aromatic heterocycles. The third kappa shape index (κ3) is 2.81. The van der Waals surface area contributed by atoms with Crippen LogP contribution < -0.4 is 19.5 Å². The Morgan fingerprint density at radius 1 is 1.23 bits per heavy atom. The zero-order valence-corrected chi connectivity index (χ0v) is 11.9. The topological polar surface area (TPSA) is 56.8 Å². The molecule has 1 aliphatic heterocycles. The molecule has 0 spiro atoms. The van der Waals surface area contributed by atoms with Crippen molar-refractivity contribution in [2.45, 2.75) is 6.54 Å². The van der Waals surface area contributed by atoms with Gasteiger partial charge in [-0.1, -0.05) is 6.07 Å². The van der Waals surface area contributed by atoms with Crippen molar-refractivity contribution in [3.05, 3.63) is 53.3 Å². The summed E-state index contributed by atoms with van der Waals surface area (Å²) < 4.78 is 29.2. The summed E-state index contributed by atoms with van der Waals surface area (Å²) in [6.45, 7) is 0.461. The number of halogens is 1. The second-order valence-corrected chi connectivity index (χ2v) is 4.72. The van der Waals surface area contributed by atoms with Crippen LogP contribution in [0.3, 0.4) is 0 Å². The molecule has 2 aromatic carbocycles. The maximum Gasteiger partial charge on any atom is 0.254 e. The number of nitrogens with one attached hydrogen (secondary N) is 1. The number of benzene rings is 2. The highest BCUT2D eigenvalue weighted by molar-refractivity contribution is 5.94. The monoisotopic (exact) mass is 303 g/mol. The van der Waals surface area contributed by atoms with E-state index in [1.807, 2.05) is 6.07 Å². The van der Waals surface area contributed by atoms with Crippen LogP contribution in [0.25, 0.3) is 0 Å². The molecule has 6 heteroatoms. The van der Waals surface area contributed by atoms with Crippen LogP contribution in [-0.4, -0.2) is 19.8 Å². The highest BCUT2D eigenvalue weighted by Crippen LogP contribution is 2.32. The normalized spacial score (nSPS) is 12.1. The van der Waals surface area contributed by atoms with Crippen molar-refractivity contribution in [2.75, 3.05) is 13.9 Å². The van der Waals surface area contributed by atoms with E-state index in [0.29, 0.717) is 17.2 Å². The number of carbonyl (C=O) groups excluding carboxylic acids is 1. The van der Waals surface area contributed by atoms with Crippen molar-refractivity contribution in [1.29, 1.82) is 0 Å². The van der Waals surface area contributed by atoms with E-state index in [0.717, 1.165) is 5.56 Å². The number of ether oxygens (including phenoxy) is 3. The van der Waals surface area contributed by atoms with Gasteiger partial charge in [0.15, 0.2) is 11.5 Å². The first-order chi connectivity index (χ1) is 10.7. The first kappa shape index (κ1) is 14.2. The molecule has 0 radical (unpaired) electrons. The second kappa shape index (κ2) is 5.93. The van der Waals surface area contributed by atoms with Crippen molar-refractivity contribution < 1.29 is 23.4 Å². The summed E-state index contributed by atoms with van der Waals surface area (Å²) in [6.07, 6.45) is 0. The molecule has 0 fully saturated rings. The van der Waals surface area contributed by atoms with Crippen LogP contribution in [0.4, 0.5) is 4.39 Å². The molecule has 3 rings (SSSR count). The molecule has 0 bridgehead atoms. The second-order valence-electron chi connectivity index (χ2n) is 4.72. The maximum absolute atomic E-state index is 13.8. The number of methoxy groups -OCH3 is 1. The van der Waals surface area contributed by atoms with Gasteiger partial charge in [0.2, 0.25) is 6.79 Å². The molecule has 1 aliphatic rings. The van der Waals surface area contributed by atoms with E-state index in [1.54, 1.807) is 18.2 Å². The summed E-state index contributed by atoms with van der Waals surface area (Å²) in [7, 11) is 1.44. The number of carbonyl (C=O) groups is 1. The van der Waals surface area contributed by atoms with E-state index in [9.17, 15) is 9.18 Å². The molecule has 0 atom stereocenters. The molecule has 1 amide bonds. The highest BCUT2D eigenvalue weighted by atomic mass is 19.1. The van der Waals surface area contributed by atoms with Gasteiger partial charge in [-0.2, -0.15) is 0 Å². The van der Waals surface area contributed by atoms with E-state index in [4.69, 9.17) is 14.2 Å². The summed E-state index contributed by atoms with van der Waals surface area (Å²) >= 11 is 0. The van der Waals surface area contributed by atoms with Crippen molar-refractivity contribution in [1.82, 2.24) is 5.32 Å². The van der Waals surface area contributed by atoms with Crippen LogP contribution in [0, 0.1) is 5.82 Å². The molecule has 0 unspecified atom stereocenters. The van der Waals surface area contributed by atoms with E-state index in [1.165, 1.54) is 19.2 Å². The summed E-state index contributed by atoms with van der Waals surface area (Å²) in [6, 6.07) is 9.49. The fourth-order valence-corrected chi connectivity index (χ4v) is 2.14. The SMILES string of the molecule is COc1ccc(C(=O)NCc2ccc3c(c2)OCO3)c(F)c1. The number of rotatable bonds is 4. The summed E-state index contributed by atoms with van der Waals surface area (Å²) in [5.74, 6) is 0.573. The maximum atomic E-state index is 13.8. The molecule has 0 saturated heterocycles. The van der Waals surface area contributed by atoms with E-state index in [2.05, 4.69) is 5.32 Å². The van der Waals surface area contributed by atoms with Crippen LogP contribution >= 0.6 is 0 Å². The van der Waals surface area contributed by atoms with Crippen molar-refractivity contribution >= 4 is 5.91 Å². The minimum atomic E-state index is -0.623. The van der Waals surface area contributed by atoms with E-state index in [-0.39, 0.29) is 18.9 Å². The number of hydrogen-bond donors (Lipinski definition) is 1. The zero-order valence-electron chi connectivity index (χ0n) is 11.9. The molecule has 1 N–H and O–H groups in total. The van der Waals surface area contributed by atoms with Crippen molar-refractivity contribution in [2.24, 2.45) is 0 Å². The number of hydrogen-bond acceptors (Lipinski definition) is 4. The molecule has 114 valence electrons. The van der Waals surface area contributed by atoms with Gasteiger partial charge in [-0.05, 0) is 29.8 Å². The third-order valence-electron chi connectivity index (χ3n) is 3.31. The van der Waals surface area contributed by atoms with Crippen LogP contribution in [0.15, 0.2) is 36.4 Å². The van der Waals surface area contributed by atoms with Gasteiger partial charge in [0.1, 0.15) is 11.6 Å². The average Bonchev–Trinajstić information content (AvgIpc) is 3.00. The van der Waals surface area contributed by atoms with Gasteiger partial charge >= 0.3 is 0 Å². The van der Waals surface area contributed by atoms with Crippen molar-refractivity contribution in [3.8, 4) is 17.2 Å². The average molecular weight is 303 g/mol. The van der Waals surface area contributed by atoms with Gasteiger partial charge in [0, 0.05) is 12.6 Å². The largest absolute Gasteiger partial charge is 0.497 e. The number of amides is 1. The third-order valence-corrected chi connectivity index (χ3v) is 3.31. The molecule has 5 nitrogen and oxygen atoms in total. The standard InChI is InChI=1S/C16H14FNO4/c1-20-11-3-4-12(13(17)7-11)16(19)18-8-10-2-5-14-15(6-10)22-9-21-14/h2-7H,8-9H2,1H3,(H,18,19). The van der Waals surface area contributed by atoms with Gasteiger partial charge in [-0.15, -0.1) is 0 Å². The summed E-state index contributed by atoms with van der Waals surface area (Å²) in [4.78, 5) is 12.0. The lowest BCUT2D eigenvalue weighted by atomic mass is 10.1. The summed E-state index contributed by atoms with van der Waals surface area (Å²) in [5.41, 5.74) is 0.813. The minimum absolute atomic E-state index is 0.0263. The smallest absolute Gasteiger partial charge is 0.254 e. The van der Waals surface area contributed by atoms with Gasteiger partial charge in [0.25, 0.3) is 5.91 Å². The van der Waals surface area contributed by atoms with E-state index < -0.39 is 11.7 Å². The Morgan fingerprint density at radius 2 is 2.05 bits per heavy atom. The van der Waals surface area contributed by atoms with Gasteiger partial charge in [-0.25, -0.2) is 4.39 Å². The lowest BCUT2D eigenvalue weighted by Gasteiger charge is -2.08. The molecule has 0 aliphatic carbocycles. The predicted molar refractivity (Wildman–Crippen MR) is 76.7 cm³/mol. The minimum Gasteiger partial charge on any atom is -0.497 e. The van der Waals surface area contributed by atoms with Crippen LogP contribution in [0.2, 0.25) is 0 Å². The van der Waals surface area contributed by atoms with Crippen LogP contribution in [0.5, 0.6) is 17.2 Å². The molecule has 1 heterocycles. The molecular formula is C16H14FNO4. The quantitative estimate of drug-likeness (QED) is 0.943. The van der Waals surface area contributed by atoms with Gasteiger partial charge in [-0.3, -0.25) is 4.79 Å². The van der Waals surface area contributed by atoms with Gasteiger partial charge < -0.3 is 19.5 Å². The Morgan fingerprint density at radius 3 is 2.82 bits per heavy atom. The van der Waals surface area contributed by atoms with E-state index >= 15 is 0 Å². The Kier molecular flexibility index (Phi) is 3.82.